The number of aromatic hydroxyl groups is 1. The van der Waals surface area contributed by atoms with Gasteiger partial charge >= 0.3 is 0 Å². The summed E-state index contributed by atoms with van der Waals surface area (Å²) in [5, 5.41) is 49.0. The van der Waals surface area contributed by atoms with E-state index in [1.807, 2.05) is 0 Å². The predicted molar refractivity (Wildman–Crippen MR) is 108 cm³/mol. The topological polar surface area (TPSA) is 174 Å². The molecule has 0 radical (unpaired) electrons. The van der Waals surface area contributed by atoms with Gasteiger partial charge in [-0.2, -0.15) is 8.42 Å². The van der Waals surface area contributed by atoms with Crippen LogP contribution in [-0.2, 0) is 14.9 Å². The maximum Gasteiger partial charge on any atom is 0.294 e. The first-order valence-corrected chi connectivity index (χ1v) is 10.6. The van der Waals surface area contributed by atoms with Gasteiger partial charge < -0.3 is 35.0 Å². The molecule has 1 aliphatic rings. The Balaban J connectivity index is 1.76. The van der Waals surface area contributed by atoms with Crippen LogP contribution in [0.2, 0.25) is 0 Å². The molecule has 0 aliphatic carbocycles. The van der Waals surface area contributed by atoms with Gasteiger partial charge in [0.25, 0.3) is 10.1 Å². The van der Waals surface area contributed by atoms with Crippen LogP contribution in [0.25, 0.3) is 12.2 Å². The Morgan fingerprint density at radius 2 is 1.58 bits per heavy atom. The van der Waals surface area contributed by atoms with Gasteiger partial charge in [0.05, 0.1) is 11.5 Å². The summed E-state index contributed by atoms with van der Waals surface area (Å²) < 4.78 is 42.0. The van der Waals surface area contributed by atoms with E-state index < -0.39 is 47.4 Å². The second-order valence-electron chi connectivity index (χ2n) is 6.95. The highest BCUT2D eigenvalue weighted by Crippen LogP contribution is 2.28. The Morgan fingerprint density at radius 1 is 0.935 bits per heavy atom. The molecule has 1 fully saturated rings. The number of hydrogen-bond acceptors (Lipinski definition) is 9. The molecule has 3 rings (SSSR count). The first-order valence-electron chi connectivity index (χ1n) is 9.15. The van der Waals surface area contributed by atoms with Gasteiger partial charge in [-0.3, -0.25) is 4.55 Å². The summed E-state index contributed by atoms with van der Waals surface area (Å²) in [5.74, 6) is -0.0748. The molecule has 0 aromatic heterocycles. The van der Waals surface area contributed by atoms with Crippen LogP contribution in [0.15, 0.2) is 47.4 Å². The predicted octanol–water partition coefficient (Wildman–Crippen LogP) is -0.0120. The minimum absolute atomic E-state index is 0.0886. The largest absolute Gasteiger partial charge is 0.508 e. The van der Waals surface area contributed by atoms with Crippen molar-refractivity contribution in [1.82, 2.24) is 0 Å². The Kier molecular flexibility index (Phi) is 6.96. The van der Waals surface area contributed by atoms with Gasteiger partial charge in [-0.1, -0.05) is 24.3 Å². The second kappa shape index (κ2) is 9.32. The van der Waals surface area contributed by atoms with Gasteiger partial charge in [0.1, 0.15) is 35.9 Å². The van der Waals surface area contributed by atoms with E-state index in [4.69, 9.17) is 14.0 Å². The lowest BCUT2D eigenvalue weighted by molar-refractivity contribution is -0.277. The summed E-state index contributed by atoms with van der Waals surface area (Å²) in [6, 6.07) is 9.62. The van der Waals surface area contributed by atoms with Crippen LogP contribution < -0.4 is 4.74 Å². The Bertz CT molecular complexity index is 1030. The summed E-state index contributed by atoms with van der Waals surface area (Å²) in [4.78, 5) is -0.239. The molecule has 1 saturated heterocycles. The van der Waals surface area contributed by atoms with E-state index in [0.29, 0.717) is 11.1 Å². The second-order valence-corrected chi connectivity index (χ2v) is 8.37. The molecule has 2 aromatic rings. The summed E-state index contributed by atoms with van der Waals surface area (Å²) in [7, 11) is -4.29. The van der Waals surface area contributed by atoms with Crippen LogP contribution in [0.4, 0.5) is 0 Å². The number of rotatable bonds is 6. The van der Waals surface area contributed by atoms with Gasteiger partial charge in [0.15, 0.2) is 0 Å². The van der Waals surface area contributed by atoms with Crippen LogP contribution in [0.1, 0.15) is 11.1 Å². The van der Waals surface area contributed by atoms with Crippen LogP contribution in [0, 0.1) is 0 Å². The minimum Gasteiger partial charge on any atom is -0.508 e. The number of phenolic OH excluding ortho intramolecular Hbond substituents is 1. The average molecular weight is 454 g/mol. The number of aliphatic hydroxyl groups is 4. The van der Waals surface area contributed by atoms with E-state index in [9.17, 15) is 34.0 Å². The monoisotopic (exact) mass is 454 g/mol. The zero-order valence-electron chi connectivity index (χ0n) is 16.0. The van der Waals surface area contributed by atoms with Crippen molar-refractivity contribution in [3.63, 3.8) is 0 Å². The third-order valence-electron chi connectivity index (χ3n) is 4.66. The molecule has 6 N–H and O–H groups in total. The molecule has 0 amide bonds. The highest BCUT2D eigenvalue weighted by atomic mass is 32.2. The standard InChI is InChI=1S/C20H22O10S/c21-10-16-17(23)18(24)19(25)20(30-16)29-14-8-12(7-13(22)9-14)2-1-11-3-5-15(6-4-11)31(26,27)28/h1-9,16-25H,10H2,(H,26,27,28)/b2-1+. The molecular weight excluding hydrogens is 432 g/mol. The van der Waals surface area contributed by atoms with Gasteiger partial charge in [-0.25, -0.2) is 0 Å². The molecule has 0 spiro atoms. The molecule has 168 valence electrons. The first kappa shape index (κ1) is 23.2. The van der Waals surface area contributed by atoms with Crippen LogP contribution >= 0.6 is 0 Å². The van der Waals surface area contributed by atoms with Crippen LogP contribution in [0.5, 0.6) is 11.5 Å². The van der Waals surface area contributed by atoms with Crippen molar-refractivity contribution >= 4 is 22.3 Å². The smallest absolute Gasteiger partial charge is 0.294 e. The fourth-order valence-electron chi connectivity index (χ4n) is 3.01. The molecule has 0 saturated carbocycles. The maximum absolute atomic E-state index is 11.1. The molecule has 2 aromatic carbocycles. The van der Waals surface area contributed by atoms with E-state index in [2.05, 4.69) is 0 Å². The Morgan fingerprint density at radius 3 is 2.19 bits per heavy atom. The zero-order valence-corrected chi connectivity index (χ0v) is 16.8. The third-order valence-corrected chi connectivity index (χ3v) is 5.53. The lowest BCUT2D eigenvalue weighted by Crippen LogP contribution is -2.60. The summed E-state index contributed by atoms with van der Waals surface area (Å²) in [6.07, 6.45) is -4.02. The van der Waals surface area contributed by atoms with Crippen molar-refractivity contribution in [2.45, 2.75) is 35.6 Å². The van der Waals surface area contributed by atoms with E-state index >= 15 is 0 Å². The quantitative estimate of drug-likeness (QED) is 0.257. The van der Waals surface area contributed by atoms with Gasteiger partial charge in [0.2, 0.25) is 6.29 Å². The maximum atomic E-state index is 11.1. The van der Waals surface area contributed by atoms with E-state index in [0.717, 1.165) is 0 Å². The Labute approximate surface area is 178 Å². The lowest BCUT2D eigenvalue weighted by Gasteiger charge is -2.39. The summed E-state index contributed by atoms with van der Waals surface area (Å²) in [6.45, 7) is -0.602. The number of benzene rings is 2. The van der Waals surface area contributed by atoms with E-state index in [1.165, 1.54) is 42.5 Å². The van der Waals surface area contributed by atoms with Crippen molar-refractivity contribution in [3.05, 3.63) is 53.6 Å². The normalized spacial score (nSPS) is 26.8. The molecule has 0 bridgehead atoms. The highest BCUT2D eigenvalue weighted by molar-refractivity contribution is 7.85. The number of hydrogen-bond donors (Lipinski definition) is 6. The minimum atomic E-state index is -4.29. The van der Waals surface area contributed by atoms with Crippen molar-refractivity contribution < 1.29 is 48.0 Å². The third kappa shape index (κ3) is 5.60. The number of phenols is 1. The molecule has 1 heterocycles. The van der Waals surface area contributed by atoms with Gasteiger partial charge in [-0.15, -0.1) is 0 Å². The SMILES string of the molecule is O=S(=O)(O)c1ccc(/C=C/c2cc(O)cc(OC3OC(CO)C(O)C(O)C3O)c2)cc1. The van der Waals surface area contributed by atoms with Crippen molar-refractivity contribution in [2.75, 3.05) is 6.61 Å². The number of aliphatic hydroxyl groups excluding tert-OH is 4. The number of ether oxygens (including phenoxy) is 2. The van der Waals surface area contributed by atoms with Gasteiger partial charge in [0, 0.05) is 6.07 Å². The van der Waals surface area contributed by atoms with Gasteiger partial charge in [-0.05, 0) is 35.4 Å². The highest BCUT2D eigenvalue weighted by Gasteiger charge is 2.44. The molecule has 10 nitrogen and oxygen atoms in total. The fraction of sp³-hybridized carbons (Fsp3) is 0.300. The molecule has 5 unspecified atom stereocenters. The Hall–Kier alpha value is -2.51. The first-order chi connectivity index (χ1) is 14.6. The molecule has 31 heavy (non-hydrogen) atoms. The van der Waals surface area contributed by atoms with E-state index in [1.54, 1.807) is 12.2 Å². The fourth-order valence-corrected chi connectivity index (χ4v) is 3.49. The van der Waals surface area contributed by atoms with Crippen molar-refractivity contribution in [1.29, 1.82) is 0 Å². The lowest BCUT2D eigenvalue weighted by atomic mass is 9.99. The summed E-state index contributed by atoms with van der Waals surface area (Å²) in [5.41, 5.74) is 1.10. The molecular formula is C20H22O10S. The van der Waals surface area contributed by atoms with Crippen LogP contribution in [0.3, 0.4) is 0 Å². The molecule has 11 heteroatoms. The zero-order chi connectivity index (χ0) is 22.8. The van der Waals surface area contributed by atoms with Crippen molar-refractivity contribution in [2.24, 2.45) is 0 Å². The summed E-state index contributed by atoms with van der Waals surface area (Å²) >= 11 is 0. The molecule has 5 atom stereocenters. The van der Waals surface area contributed by atoms with Crippen LogP contribution in [-0.4, -0.2) is 75.8 Å². The van der Waals surface area contributed by atoms with E-state index in [-0.39, 0.29) is 16.4 Å². The molecule has 1 aliphatic heterocycles. The van der Waals surface area contributed by atoms with Crippen molar-refractivity contribution in [3.8, 4) is 11.5 Å². The average Bonchev–Trinajstić information content (AvgIpc) is 2.72.